The molecule has 0 saturated carbocycles. The molecule has 0 aromatic heterocycles. The van der Waals surface area contributed by atoms with Crippen LogP contribution in [0.25, 0.3) is 5.57 Å². The number of rotatable bonds is 7. The van der Waals surface area contributed by atoms with Crippen molar-refractivity contribution in [2.75, 3.05) is 50.1 Å². The Balaban J connectivity index is 1.96. The second-order valence-corrected chi connectivity index (χ2v) is 8.76. The molecule has 4 rings (SSSR count). The van der Waals surface area contributed by atoms with Crippen molar-refractivity contribution in [3.05, 3.63) is 77.0 Å². The molecule has 0 amide bonds. The Morgan fingerprint density at radius 1 is 0.735 bits per heavy atom. The van der Waals surface area contributed by atoms with Gasteiger partial charge in [-0.3, -0.25) is 4.79 Å². The summed E-state index contributed by atoms with van der Waals surface area (Å²) in [6.45, 7) is 12.3. The Morgan fingerprint density at radius 2 is 1.24 bits per heavy atom. The Hall–Kier alpha value is -3.47. The van der Waals surface area contributed by atoms with Crippen molar-refractivity contribution in [2.45, 2.75) is 27.7 Å². The van der Waals surface area contributed by atoms with Gasteiger partial charge in [0.1, 0.15) is 11.5 Å². The molecule has 2 aliphatic rings. The van der Waals surface area contributed by atoms with Gasteiger partial charge in [-0.25, -0.2) is 0 Å². The standard InChI is InChI=1S/C29H35N3O2/c1-7-31(8-2)21-11-14-23-27(18-21)34-28-19-22(32(9-3)10-4)12-15-24(28)29(23)25-17-20(30(5)6)13-16-26(25)33/h11-19H,7-10H2,1-6H3. The first-order valence-corrected chi connectivity index (χ1v) is 12.2. The Labute approximate surface area is 203 Å². The number of allylic oxidation sites excluding steroid dienone is 4. The number of ketones is 1. The van der Waals surface area contributed by atoms with Gasteiger partial charge in [-0.05, 0) is 70.2 Å². The van der Waals surface area contributed by atoms with Gasteiger partial charge in [0.05, 0.1) is 0 Å². The van der Waals surface area contributed by atoms with Crippen molar-refractivity contribution >= 4 is 22.7 Å². The third kappa shape index (κ3) is 4.23. The molecule has 0 radical (unpaired) electrons. The normalized spacial score (nSPS) is 14.3. The molecule has 0 spiro atoms. The summed E-state index contributed by atoms with van der Waals surface area (Å²) in [7, 11) is 3.99. The molecular formula is C29H35N3O2. The average Bonchev–Trinajstić information content (AvgIpc) is 2.84. The lowest BCUT2D eigenvalue weighted by Gasteiger charge is -2.30. The van der Waals surface area contributed by atoms with Crippen molar-refractivity contribution in [1.29, 1.82) is 0 Å². The van der Waals surface area contributed by atoms with E-state index < -0.39 is 0 Å². The number of ether oxygens (including phenoxy) is 1. The minimum Gasteiger partial charge on any atom is -0.456 e. The van der Waals surface area contributed by atoms with Crippen LogP contribution in [0.1, 0.15) is 38.8 Å². The van der Waals surface area contributed by atoms with Crippen LogP contribution in [0.3, 0.4) is 0 Å². The molecule has 1 aliphatic heterocycles. The molecule has 34 heavy (non-hydrogen) atoms. The summed E-state index contributed by atoms with van der Waals surface area (Å²) < 4.78 is 6.52. The molecule has 1 heterocycles. The zero-order valence-corrected chi connectivity index (χ0v) is 21.2. The molecule has 0 saturated heterocycles. The maximum Gasteiger partial charge on any atom is 0.186 e. The van der Waals surface area contributed by atoms with E-state index in [1.54, 1.807) is 6.08 Å². The summed E-state index contributed by atoms with van der Waals surface area (Å²) in [4.78, 5) is 19.8. The molecular weight excluding hydrogens is 422 g/mol. The molecule has 2 aromatic rings. The van der Waals surface area contributed by atoms with Crippen LogP contribution in [0.5, 0.6) is 11.5 Å². The molecule has 0 bridgehead atoms. The highest BCUT2D eigenvalue weighted by Crippen LogP contribution is 2.48. The quantitative estimate of drug-likeness (QED) is 0.415. The lowest BCUT2D eigenvalue weighted by Crippen LogP contribution is -2.22. The number of carbonyl (C=O) groups excluding carboxylic acids is 1. The van der Waals surface area contributed by atoms with Gasteiger partial charge in [0.15, 0.2) is 5.78 Å². The average molecular weight is 458 g/mol. The van der Waals surface area contributed by atoms with Gasteiger partial charge in [0.2, 0.25) is 0 Å². The first-order chi connectivity index (χ1) is 16.4. The van der Waals surface area contributed by atoms with E-state index in [2.05, 4.69) is 73.9 Å². The van der Waals surface area contributed by atoms with Gasteiger partial charge in [0, 0.05) is 91.8 Å². The van der Waals surface area contributed by atoms with Crippen molar-refractivity contribution in [2.24, 2.45) is 0 Å². The summed E-state index contributed by atoms with van der Waals surface area (Å²) in [6.07, 6.45) is 5.54. The van der Waals surface area contributed by atoms with E-state index in [1.165, 1.54) is 0 Å². The third-order valence-corrected chi connectivity index (χ3v) is 6.70. The number of likely N-dealkylation sites (N-methyl/N-ethyl adjacent to an activating group) is 1. The fourth-order valence-corrected chi connectivity index (χ4v) is 4.72. The Kier molecular flexibility index (Phi) is 6.82. The smallest absolute Gasteiger partial charge is 0.186 e. The van der Waals surface area contributed by atoms with E-state index in [0.717, 1.165) is 71.4 Å². The number of hydrogen-bond acceptors (Lipinski definition) is 5. The molecule has 0 fully saturated rings. The predicted octanol–water partition coefficient (Wildman–Crippen LogP) is 5.87. The first-order valence-electron chi connectivity index (χ1n) is 12.2. The van der Waals surface area contributed by atoms with Crippen LogP contribution in [0.2, 0.25) is 0 Å². The summed E-state index contributed by atoms with van der Waals surface area (Å²) in [6, 6.07) is 12.7. The molecule has 0 atom stereocenters. The zero-order valence-electron chi connectivity index (χ0n) is 21.2. The van der Waals surface area contributed by atoms with Crippen LogP contribution >= 0.6 is 0 Å². The van der Waals surface area contributed by atoms with Gasteiger partial charge >= 0.3 is 0 Å². The Morgan fingerprint density at radius 3 is 1.68 bits per heavy atom. The van der Waals surface area contributed by atoms with E-state index >= 15 is 0 Å². The summed E-state index contributed by atoms with van der Waals surface area (Å²) >= 11 is 0. The highest BCUT2D eigenvalue weighted by Gasteiger charge is 2.28. The van der Waals surface area contributed by atoms with Crippen LogP contribution in [0.4, 0.5) is 11.4 Å². The second kappa shape index (κ2) is 9.80. The lowest BCUT2D eigenvalue weighted by molar-refractivity contribution is -0.111. The fourth-order valence-electron chi connectivity index (χ4n) is 4.72. The number of benzene rings is 2. The molecule has 1 aliphatic carbocycles. The number of carbonyl (C=O) groups is 1. The largest absolute Gasteiger partial charge is 0.456 e. The van der Waals surface area contributed by atoms with Crippen LogP contribution in [-0.2, 0) is 4.79 Å². The lowest BCUT2D eigenvalue weighted by atomic mass is 9.86. The zero-order chi connectivity index (χ0) is 24.4. The van der Waals surface area contributed by atoms with Gasteiger partial charge in [-0.1, -0.05) is 0 Å². The van der Waals surface area contributed by atoms with Crippen molar-refractivity contribution < 1.29 is 9.53 Å². The SMILES string of the molecule is CCN(CC)c1ccc2c(c1)Oc1cc(N(CC)CC)ccc1C2=C1C=C(N(C)C)C=CC1=O. The minimum absolute atomic E-state index is 0.0139. The molecule has 5 heteroatoms. The third-order valence-electron chi connectivity index (χ3n) is 6.70. The van der Waals surface area contributed by atoms with Crippen molar-refractivity contribution in [1.82, 2.24) is 4.90 Å². The van der Waals surface area contributed by atoms with Crippen molar-refractivity contribution in [3.8, 4) is 11.5 Å². The highest BCUT2D eigenvalue weighted by atomic mass is 16.5. The monoisotopic (exact) mass is 457 g/mol. The van der Waals surface area contributed by atoms with Gasteiger partial charge in [-0.15, -0.1) is 0 Å². The minimum atomic E-state index is 0.0139. The summed E-state index contributed by atoms with van der Waals surface area (Å²) in [5, 5.41) is 0. The molecule has 0 unspecified atom stereocenters. The summed E-state index contributed by atoms with van der Waals surface area (Å²) in [5.41, 5.74) is 6.77. The maximum absolute atomic E-state index is 13.2. The van der Waals surface area contributed by atoms with Gasteiger partial charge in [0.25, 0.3) is 0 Å². The van der Waals surface area contributed by atoms with Gasteiger partial charge in [-0.2, -0.15) is 0 Å². The van der Waals surface area contributed by atoms with E-state index in [4.69, 9.17) is 4.74 Å². The fraction of sp³-hybridized carbons (Fsp3) is 0.345. The number of hydrogen-bond donors (Lipinski definition) is 0. The van der Waals surface area contributed by atoms with Crippen molar-refractivity contribution in [3.63, 3.8) is 0 Å². The topological polar surface area (TPSA) is 36.0 Å². The van der Waals surface area contributed by atoms with Crippen LogP contribution in [-0.4, -0.2) is 51.0 Å². The first kappa shape index (κ1) is 23.7. The van der Waals surface area contributed by atoms with E-state index in [9.17, 15) is 4.79 Å². The predicted molar refractivity (Wildman–Crippen MR) is 142 cm³/mol. The van der Waals surface area contributed by atoms with E-state index in [0.29, 0.717) is 5.57 Å². The second-order valence-electron chi connectivity index (χ2n) is 8.76. The Bertz CT molecular complexity index is 1120. The number of anilines is 2. The molecule has 178 valence electrons. The van der Waals surface area contributed by atoms with E-state index in [-0.39, 0.29) is 5.78 Å². The van der Waals surface area contributed by atoms with Gasteiger partial charge < -0.3 is 19.4 Å². The van der Waals surface area contributed by atoms with Crippen LogP contribution in [0.15, 0.2) is 65.9 Å². The maximum atomic E-state index is 13.2. The highest BCUT2D eigenvalue weighted by molar-refractivity contribution is 6.16. The number of fused-ring (bicyclic) bond motifs is 2. The van der Waals surface area contributed by atoms with E-state index in [1.807, 2.05) is 31.1 Å². The molecule has 2 aromatic carbocycles. The van der Waals surface area contributed by atoms with Crippen LogP contribution < -0.4 is 14.5 Å². The van der Waals surface area contributed by atoms with Crippen LogP contribution in [0, 0.1) is 0 Å². The molecule has 0 N–H and O–H groups in total. The number of nitrogens with zero attached hydrogens (tertiary/aromatic N) is 3. The summed E-state index contributed by atoms with van der Waals surface area (Å²) in [5.74, 6) is 1.59. The molecule has 5 nitrogen and oxygen atoms in total.